The fourth-order valence-electron chi connectivity index (χ4n) is 9.08. The molecule has 2 unspecified atom stereocenters. The van der Waals surface area contributed by atoms with Crippen LogP contribution in [0.25, 0.3) is 0 Å². The van der Waals surface area contributed by atoms with Gasteiger partial charge in [-0.25, -0.2) is 4.79 Å². The zero-order chi connectivity index (χ0) is 36.3. The fraction of sp³-hybridized carbons (Fsp3) is 0.229. The number of carbonyl (C=O) groups excluding carboxylic acids is 1. The first-order chi connectivity index (χ1) is 25.8. The molecule has 2 heterocycles. The summed E-state index contributed by atoms with van der Waals surface area (Å²) in [5.41, 5.74) is 13.3. The molecule has 0 fully saturated rings. The third-order valence-electron chi connectivity index (χ3n) is 11.4. The molecule has 0 aromatic heterocycles. The lowest BCUT2D eigenvalue weighted by atomic mass is 9.71. The van der Waals surface area contributed by atoms with E-state index in [1.807, 2.05) is 18.2 Å². The zero-order valence-electron chi connectivity index (χ0n) is 30.8. The minimum Gasteiger partial charge on any atom is -0.489 e. The normalized spacial score (nSPS) is 22.9. The van der Waals surface area contributed by atoms with Crippen molar-refractivity contribution in [2.75, 3.05) is 9.80 Å². The lowest BCUT2D eigenvalue weighted by Crippen LogP contribution is -2.46. The molecule has 5 aliphatic rings. The minimum atomic E-state index is -1.07. The summed E-state index contributed by atoms with van der Waals surface area (Å²) in [4.78, 5) is 18.6. The molecular weight excluding hydrogens is 653 g/mol. The number of nitrogens with zero attached hydrogens (tertiary/aromatic N) is 2. The quantitative estimate of drug-likeness (QED) is 0.188. The van der Waals surface area contributed by atoms with Crippen molar-refractivity contribution in [3.05, 3.63) is 195 Å². The van der Waals surface area contributed by atoms with Crippen molar-refractivity contribution < 1.29 is 14.3 Å². The molecule has 53 heavy (non-hydrogen) atoms. The molecule has 4 aromatic rings. The molecule has 264 valence electrons. The maximum atomic E-state index is 13.7. The molecule has 0 saturated carbocycles. The summed E-state index contributed by atoms with van der Waals surface area (Å²) in [7, 11) is 0. The minimum absolute atomic E-state index is 0.0115. The van der Waals surface area contributed by atoms with Gasteiger partial charge in [-0.05, 0) is 94.1 Å². The molecule has 5 nitrogen and oxygen atoms in total. The molecule has 0 N–H and O–H groups in total. The SMILES string of the molecule is CC1=CC(C)=C(N(c2ccccc2)C2C=CC3=C(C2)OC2CC(N(c4ccccc4)c4ccc(C)cc4C)=CC=C2[C@@]32OC(=O)c3ccccc32)CC1. The number of anilines is 3. The van der Waals surface area contributed by atoms with Crippen LogP contribution in [0, 0.1) is 13.8 Å². The Balaban J connectivity index is 1.17. The average molecular weight is 697 g/mol. The molecule has 1 spiro atoms. The van der Waals surface area contributed by atoms with Crippen molar-refractivity contribution in [2.45, 2.75) is 71.1 Å². The van der Waals surface area contributed by atoms with Gasteiger partial charge in [-0.3, -0.25) is 0 Å². The van der Waals surface area contributed by atoms with Crippen LogP contribution in [-0.4, -0.2) is 18.1 Å². The van der Waals surface area contributed by atoms with Crippen LogP contribution in [-0.2, 0) is 15.1 Å². The van der Waals surface area contributed by atoms with Gasteiger partial charge in [-0.1, -0.05) is 102 Å². The van der Waals surface area contributed by atoms with Crippen molar-refractivity contribution in [1.29, 1.82) is 0 Å². The van der Waals surface area contributed by atoms with E-state index in [-0.39, 0.29) is 18.1 Å². The van der Waals surface area contributed by atoms with Gasteiger partial charge in [-0.2, -0.15) is 0 Å². The van der Waals surface area contributed by atoms with Crippen molar-refractivity contribution >= 4 is 23.0 Å². The highest BCUT2D eigenvalue weighted by Gasteiger charge is 2.57. The highest BCUT2D eigenvalue weighted by molar-refractivity contribution is 5.96. The van der Waals surface area contributed by atoms with E-state index in [0.717, 1.165) is 58.1 Å². The number of benzene rings is 4. The van der Waals surface area contributed by atoms with Crippen LogP contribution in [0.4, 0.5) is 17.1 Å². The van der Waals surface area contributed by atoms with Gasteiger partial charge in [0.25, 0.3) is 0 Å². The van der Waals surface area contributed by atoms with Crippen LogP contribution in [0.15, 0.2) is 173 Å². The van der Waals surface area contributed by atoms with Crippen LogP contribution in [0.2, 0.25) is 0 Å². The van der Waals surface area contributed by atoms with Gasteiger partial charge in [0.1, 0.15) is 11.9 Å². The second-order valence-corrected chi connectivity index (χ2v) is 15.0. The Morgan fingerprint density at radius 1 is 0.774 bits per heavy atom. The first-order valence-corrected chi connectivity index (χ1v) is 18.8. The van der Waals surface area contributed by atoms with Gasteiger partial charge < -0.3 is 19.3 Å². The molecule has 5 heteroatoms. The maximum Gasteiger partial charge on any atom is 0.340 e. The van der Waals surface area contributed by atoms with E-state index in [4.69, 9.17) is 9.47 Å². The Hall–Kier alpha value is -5.81. The third kappa shape index (κ3) is 5.49. The summed E-state index contributed by atoms with van der Waals surface area (Å²) in [5, 5.41) is 0. The molecule has 0 amide bonds. The number of rotatable bonds is 6. The highest BCUT2D eigenvalue weighted by Crippen LogP contribution is 2.57. The Bertz CT molecular complexity index is 2330. The Labute approximate surface area is 312 Å². The number of esters is 1. The monoisotopic (exact) mass is 696 g/mol. The van der Waals surface area contributed by atoms with Crippen LogP contribution in [0.5, 0.6) is 0 Å². The molecule has 0 saturated heterocycles. The van der Waals surface area contributed by atoms with E-state index < -0.39 is 5.60 Å². The van der Waals surface area contributed by atoms with Gasteiger partial charge in [0.15, 0.2) is 5.60 Å². The molecule has 2 aliphatic heterocycles. The number of aryl methyl sites for hydroxylation is 2. The smallest absolute Gasteiger partial charge is 0.340 e. The van der Waals surface area contributed by atoms with Crippen molar-refractivity contribution in [2.24, 2.45) is 0 Å². The number of ether oxygens (including phenoxy) is 2. The Morgan fingerprint density at radius 3 is 2.26 bits per heavy atom. The topological polar surface area (TPSA) is 42.0 Å². The summed E-state index contributed by atoms with van der Waals surface area (Å²) in [6.07, 6.45) is 14.1. The summed E-state index contributed by atoms with van der Waals surface area (Å²) in [6, 6.07) is 35.7. The van der Waals surface area contributed by atoms with Gasteiger partial charge >= 0.3 is 5.97 Å². The van der Waals surface area contributed by atoms with Crippen LogP contribution in [0.3, 0.4) is 0 Å². The van der Waals surface area contributed by atoms with Gasteiger partial charge in [-0.15, -0.1) is 0 Å². The summed E-state index contributed by atoms with van der Waals surface area (Å²) in [6.45, 7) is 8.76. The van der Waals surface area contributed by atoms with E-state index in [9.17, 15) is 4.79 Å². The Kier molecular flexibility index (Phi) is 8.11. The predicted octanol–water partition coefficient (Wildman–Crippen LogP) is 11.2. The standard InChI is InChI=1S/C48H44N2O3/c1-31-19-25-43(33(3)27-31)49(35-13-7-5-8-14-35)37-21-23-41-45(29-37)52-46-30-38(22-24-42(46)48(41)40-18-12-11-17-39(40)47(51)53-48)50(36-15-9-6-10-16-36)44-26-20-32(2)28-34(44)4/h5-19,21-25,27-28,38,45H,20,26,29-30H2,1-4H3/t38?,45?,48-/m1/s1. The Morgan fingerprint density at radius 2 is 1.51 bits per heavy atom. The highest BCUT2D eigenvalue weighted by atomic mass is 16.6. The first-order valence-electron chi connectivity index (χ1n) is 18.8. The molecule has 3 aliphatic carbocycles. The number of para-hydroxylation sites is 2. The van der Waals surface area contributed by atoms with E-state index in [1.54, 1.807) is 0 Å². The second-order valence-electron chi connectivity index (χ2n) is 15.0. The molecule has 3 atom stereocenters. The molecule has 4 aromatic carbocycles. The number of carbonyl (C=O) groups is 1. The van der Waals surface area contributed by atoms with Crippen LogP contribution in [0.1, 0.15) is 66.6 Å². The zero-order valence-corrected chi connectivity index (χ0v) is 30.8. The molecule has 0 radical (unpaired) electrons. The van der Waals surface area contributed by atoms with Gasteiger partial charge in [0.05, 0.1) is 11.6 Å². The van der Waals surface area contributed by atoms with Crippen molar-refractivity contribution in [3.8, 4) is 0 Å². The average Bonchev–Trinajstić information content (AvgIpc) is 3.46. The van der Waals surface area contributed by atoms with Gasteiger partial charge in [0, 0.05) is 58.0 Å². The van der Waals surface area contributed by atoms with Gasteiger partial charge in [0.2, 0.25) is 0 Å². The first kappa shape index (κ1) is 33.1. The third-order valence-corrected chi connectivity index (χ3v) is 11.4. The van der Waals surface area contributed by atoms with E-state index in [1.165, 1.54) is 28.0 Å². The molecular formula is C48H44N2O3. The predicted molar refractivity (Wildman–Crippen MR) is 213 cm³/mol. The lowest BCUT2D eigenvalue weighted by molar-refractivity contribution is -0.00421. The van der Waals surface area contributed by atoms with Crippen molar-refractivity contribution in [3.63, 3.8) is 0 Å². The maximum absolute atomic E-state index is 13.7. The van der Waals surface area contributed by atoms with Crippen LogP contribution < -0.4 is 9.80 Å². The largest absolute Gasteiger partial charge is 0.489 e. The van der Waals surface area contributed by atoms with E-state index in [0.29, 0.717) is 18.4 Å². The lowest BCUT2D eigenvalue weighted by Gasteiger charge is -2.47. The number of allylic oxidation sites excluding steroid dienone is 6. The van der Waals surface area contributed by atoms with Crippen molar-refractivity contribution in [1.82, 2.24) is 0 Å². The summed E-state index contributed by atoms with van der Waals surface area (Å²) in [5.74, 6) is 0.585. The summed E-state index contributed by atoms with van der Waals surface area (Å²) < 4.78 is 13.9. The second kappa shape index (κ2) is 13.0. The molecule has 0 bridgehead atoms. The fourth-order valence-corrected chi connectivity index (χ4v) is 9.08. The number of hydrogen-bond donors (Lipinski definition) is 0. The van der Waals surface area contributed by atoms with E-state index in [2.05, 4.69) is 153 Å². The van der Waals surface area contributed by atoms with E-state index >= 15 is 0 Å². The number of fused-ring (bicyclic) bond motifs is 5. The van der Waals surface area contributed by atoms with Crippen LogP contribution >= 0.6 is 0 Å². The molecule has 9 rings (SSSR count). The summed E-state index contributed by atoms with van der Waals surface area (Å²) >= 11 is 0. The number of hydrogen-bond acceptors (Lipinski definition) is 5.